The minimum atomic E-state index is -0.207. The van der Waals surface area contributed by atoms with Gasteiger partial charge in [0.05, 0.1) is 0 Å². The number of rotatable bonds is 1. The number of benzene rings is 1. The predicted octanol–water partition coefficient (Wildman–Crippen LogP) is 2.68. The first kappa shape index (κ1) is 7.33. The quantitative estimate of drug-likeness (QED) is 0.551. The van der Waals surface area contributed by atoms with Crippen LogP contribution in [0, 0.1) is 6.92 Å². The summed E-state index contributed by atoms with van der Waals surface area (Å²) in [6.45, 7) is 9.86. The summed E-state index contributed by atoms with van der Waals surface area (Å²) in [5.41, 5.74) is 0.969. The van der Waals surface area contributed by atoms with E-state index in [2.05, 4.69) is 0 Å². The molecule has 1 aromatic rings. The molecule has 10 heavy (non-hydrogen) atoms. The van der Waals surface area contributed by atoms with Crippen LogP contribution in [0.3, 0.4) is 0 Å². The van der Waals surface area contributed by atoms with Crippen LogP contribution in [-0.2, 0) is 5.41 Å². The van der Waals surface area contributed by atoms with Crippen LogP contribution in [0.4, 0.5) is 0 Å². The van der Waals surface area contributed by atoms with Crippen molar-refractivity contribution in [3.05, 3.63) is 42.8 Å². The Hall–Kier alpha value is -0.780. The maximum absolute atomic E-state index is 5.86. The molecule has 1 rings (SSSR count). The van der Waals surface area contributed by atoms with Crippen LogP contribution < -0.4 is 0 Å². The molecule has 0 unspecified atom stereocenters. The number of hydrogen-bond donors (Lipinski definition) is 0. The molecule has 2 radical (unpaired) electrons. The van der Waals surface area contributed by atoms with Crippen LogP contribution in [0.15, 0.2) is 30.3 Å². The Morgan fingerprint density at radius 3 is 1.90 bits per heavy atom. The van der Waals surface area contributed by atoms with Crippen molar-refractivity contribution in [1.29, 1.82) is 0 Å². The highest BCUT2D eigenvalue weighted by molar-refractivity contribution is 5.24. The van der Waals surface area contributed by atoms with E-state index in [9.17, 15) is 0 Å². The topological polar surface area (TPSA) is 0 Å². The average Bonchev–Trinajstić information content (AvgIpc) is 1.88. The number of hydrogen-bond acceptors (Lipinski definition) is 0. The monoisotopic (exact) mass is 132 g/mol. The van der Waals surface area contributed by atoms with Crippen LogP contribution in [0.25, 0.3) is 0 Å². The first-order chi connectivity index (χ1) is 4.61. The normalized spacial score (nSPS) is 11.5. The molecular formula is C10H12. The molecular weight excluding hydrogens is 120 g/mol. The van der Waals surface area contributed by atoms with E-state index in [1.165, 1.54) is 5.56 Å². The van der Waals surface area contributed by atoms with E-state index in [-0.39, 0.29) is 5.41 Å². The third kappa shape index (κ3) is 1.60. The molecule has 0 saturated heterocycles. The largest absolute Gasteiger partial charge is 0.0622 e. The van der Waals surface area contributed by atoms with Gasteiger partial charge in [0, 0.05) is 0 Å². The van der Waals surface area contributed by atoms with Gasteiger partial charge in [0.15, 0.2) is 0 Å². The molecule has 0 N–H and O–H groups in total. The minimum absolute atomic E-state index is 0.207. The fourth-order valence-electron chi connectivity index (χ4n) is 0.868. The molecule has 0 spiro atoms. The van der Waals surface area contributed by atoms with E-state index in [4.69, 9.17) is 6.92 Å². The summed E-state index contributed by atoms with van der Waals surface area (Å²) in [5.74, 6) is 0. The van der Waals surface area contributed by atoms with Crippen molar-refractivity contribution >= 4 is 0 Å². The lowest BCUT2D eigenvalue weighted by Crippen LogP contribution is -2.10. The molecule has 0 heterocycles. The molecule has 0 amide bonds. The van der Waals surface area contributed by atoms with E-state index in [1.54, 1.807) is 0 Å². The molecule has 0 aliphatic carbocycles. The van der Waals surface area contributed by atoms with Crippen LogP contribution in [0.1, 0.15) is 19.4 Å². The maximum atomic E-state index is 5.86. The Kier molecular flexibility index (Phi) is 1.80. The van der Waals surface area contributed by atoms with Crippen molar-refractivity contribution in [2.75, 3.05) is 0 Å². The van der Waals surface area contributed by atoms with Gasteiger partial charge in [-0.25, -0.2) is 0 Å². The molecule has 0 saturated carbocycles. The second-order valence-corrected chi connectivity index (χ2v) is 3.09. The SMILES string of the molecule is [CH]C(C)(C)c1ccccc1. The highest BCUT2D eigenvalue weighted by Gasteiger charge is 2.11. The van der Waals surface area contributed by atoms with Gasteiger partial charge in [-0.15, -0.1) is 0 Å². The zero-order valence-corrected chi connectivity index (χ0v) is 6.46. The Labute approximate surface area is 62.9 Å². The zero-order chi connectivity index (χ0) is 7.61. The molecule has 1 aromatic carbocycles. The van der Waals surface area contributed by atoms with Crippen LogP contribution in [-0.4, -0.2) is 0 Å². The lowest BCUT2D eigenvalue weighted by atomic mass is 9.87. The van der Waals surface area contributed by atoms with Crippen molar-refractivity contribution in [3.8, 4) is 0 Å². The van der Waals surface area contributed by atoms with Crippen molar-refractivity contribution < 1.29 is 0 Å². The average molecular weight is 132 g/mol. The van der Waals surface area contributed by atoms with Crippen LogP contribution >= 0.6 is 0 Å². The molecule has 0 bridgehead atoms. The zero-order valence-electron chi connectivity index (χ0n) is 6.46. The third-order valence-electron chi connectivity index (χ3n) is 1.52. The predicted molar refractivity (Wildman–Crippen MR) is 43.8 cm³/mol. The Balaban J connectivity index is 2.97. The first-order valence-electron chi connectivity index (χ1n) is 3.45. The smallest absolute Gasteiger partial charge is 0.00692 e. The summed E-state index contributed by atoms with van der Waals surface area (Å²) in [6.07, 6.45) is 0. The van der Waals surface area contributed by atoms with Crippen molar-refractivity contribution in [3.63, 3.8) is 0 Å². The van der Waals surface area contributed by atoms with Gasteiger partial charge in [0.25, 0.3) is 0 Å². The van der Waals surface area contributed by atoms with Crippen LogP contribution in [0.5, 0.6) is 0 Å². The maximum Gasteiger partial charge on any atom is -0.00692 e. The Morgan fingerprint density at radius 2 is 1.60 bits per heavy atom. The van der Waals surface area contributed by atoms with E-state index < -0.39 is 0 Å². The molecule has 0 aliphatic heterocycles. The fraction of sp³-hybridized carbons (Fsp3) is 0.300. The fourth-order valence-corrected chi connectivity index (χ4v) is 0.868. The molecule has 0 atom stereocenters. The summed E-state index contributed by atoms with van der Waals surface area (Å²) >= 11 is 0. The lowest BCUT2D eigenvalue weighted by molar-refractivity contribution is 0.665. The van der Waals surface area contributed by atoms with Gasteiger partial charge < -0.3 is 0 Å². The van der Waals surface area contributed by atoms with E-state index in [1.807, 2.05) is 44.2 Å². The van der Waals surface area contributed by atoms with E-state index >= 15 is 0 Å². The molecule has 0 aliphatic rings. The van der Waals surface area contributed by atoms with Gasteiger partial charge in [0.1, 0.15) is 0 Å². The summed E-state index contributed by atoms with van der Waals surface area (Å²) in [4.78, 5) is 0. The van der Waals surface area contributed by atoms with Gasteiger partial charge >= 0.3 is 0 Å². The molecule has 0 aromatic heterocycles. The van der Waals surface area contributed by atoms with Gasteiger partial charge in [-0.3, -0.25) is 0 Å². The van der Waals surface area contributed by atoms with Crippen molar-refractivity contribution in [2.24, 2.45) is 0 Å². The summed E-state index contributed by atoms with van der Waals surface area (Å²) < 4.78 is 0. The van der Waals surface area contributed by atoms with E-state index in [0.717, 1.165) is 0 Å². The highest BCUT2D eigenvalue weighted by atomic mass is 14.2. The molecule has 0 nitrogen and oxygen atoms in total. The van der Waals surface area contributed by atoms with Gasteiger partial charge in [-0.2, -0.15) is 0 Å². The molecule has 0 fully saturated rings. The van der Waals surface area contributed by atoms with Gasteiger partial charge in [-0.1, -0.05) is 44.2 Å². The Bertz CT molecular complexity index is 191. The van der Waals surface area contributed by atoms with Crippen molar-refractivity contribution in [1.82, 2.24) is 0 Å². The second kappa shape index (κ2) is 2.45. The third-order valence-corrected chi connectivity index (χ3v) is 1.52. The van der Waals surface area contributed by atoms with Gasteiger partial charge in [0.2, 0.25) is 0 Å². The highest BCUT2D eigenvalue weighted by Crippen LogP contribution is 2.20. The standard InChI is InChI=1S/C10H12/c1-10(2,3)9-7-5-4-6-8-9/h1,4-8H,2-3H3. The first-order valence-corrected chi connectivity index (χ1v) is 3.45. The van der Waals surface area contributed by atoms with Crippen LogP contribution in [0.2, 0.25) is 0 Å². The molecule has 52 valence electrons. The summed E-state index contributed by atoms with van der Waals surface area (Å²) in [6, 6.07) is 10.1. The summed E-state index contributed by atoms with van der Waals surface area (Å²) in [7, 11) is 0. The van der Waals surface area contributed by atoms with Gasteiger partial charge in [-0.05, 0) is 17.9 Å². The second-order valence-electron chi connectivity index (χ2n) is 3.09. The van der Waals surface area contributed by atoms with Crippen molar-refractivity contribution in [2.45, 2.75) is 19.3 Å². The Morgan fingerprint density at radius 1 is 1.10 bits per heavy atom. The minimum Gasteiger partial charge on any atom is -0.0622 e. The summed E-state index contributed by atoms with van der Waals surface area (Å²) in [5, 5.41) is 0. The lowest BCUT2D eigenvalue weighted by Gasteiger charge is -2.17. The van der Waals surface area contributed by atoms with E-state index in [0.29, 0.717) is 0 Å². The molecule has 0 heteroatoms.